The van der Waals surface area contributed by atoms with Gasteiger partial charge in [-0.3, -0.25) is 0 Å². The molecule has 0 aromatic heterocycles. The van der Waals surface area contributed by atoms with Crippen molar-refractivity contribution in [3.05, 3.63) is 41.0 Å². The summed E-state index contributed by atoms with van der Waals surface area (Å²) < 4.78 is 46.3. The molecule has 1 aliphatic heterocycles. The van der Waals surface area contributed by atoms with Crippen LogP contribution in [0.1, 0.15) is 55.7 Å². The van der Waals surface area contributed by atoms with Crippen LogP contribution in [0, 0.1) is 5.92 Å². The van der Waals surface area contributed by atoms with Gasteiger partial charge in [0.1, 0.15) is 0 Å². The molecule has 6 heteroatoms. The highest BCUT2D eigenvalue weighted by Crippen LogP contribution is 2.38. The van der Waals surface area contributed by atoms with Crippen LogP contribution in [0.5, 0.6) is 0 Å². The minimum absolute atomic E-state index is 0.0184. The van der Waals surface area contributed by atoms with Gasteiger partial charge < -0.3 is 10.1 Å². The Kier molecular flexibility index (Phi) is 6.25. The first-order valence-electron chi connectivity index (χ1n) is 9.65. The van der Waals surface area contributed by atoms with Crippen LogP contribution in [0.3, 0.4) is 0 Å². The molecule has 0 bridgehead atoms. The summed E-state index contributed by atoms with van der Waals surface area (Å²) >= 11 is 0. The van der Waals surface area contributed by atoms with Crippen LogP contribution >= 0.6 is 0 Å². The van der Waals surface area contributed by atoms with Gasteiger partial charge in [0.2, 0.25) is 5.90 Å². The smallest absolute Gasteiger partial charge is 0.416 e. The first kappa shape index (κ1) is 19.9. The van der Waals surface area contributed by atoms with Crippen molar-refractivity contribution in [3.63, 3.8) is 0 Å². The number of nitrogens with zero attached hydrogens (tertiary/aromatic N) is 1. The summed E-state index contributed by atoms with van der Waals surface area (Å²) in [6.07, 6.45) is 2.91. The van der Waals surface area contributed by atoms with Gasteiger partial charge in [0.05, 0.1) is 24.4 Å². The number of allylic oxidation sites excluding steroid dienone is 1. The number of rotatable bonds is 6. The molecule has 1 unspecified atom stereocenters. The summed E-state index contributed by atoms with van der Waals surface area (Å²) in [5.74, 6) is 1.12. The molecule has 0 spiro atoms. The molecule has 1 heterocycles. The molecule has 3 nitrogen and oxygen atoms in total. The Morgan fingerprint density at radius 1 is 1.30 bits per heavy atom. The molecule has 1 saturated heterocycles. The second kappa shape index (κ2) is 8.46. The molecule has 2 aliphatic rings. The number of aryl methyl sites for hydroxylation is 1. The lowest BCUT2D eigenvalue weighted by Crippen LogP contribution is -2.32. The monoisotopic (exact) mass is 380 g/mol. The predicted molar refractivity (Wildman–Crippen MR) is 102 cm³/mol. The number of nitrogens with one attached hydrogen (secondary N) is 1. The standard InChI is InChI=1S/C21H27F3N2O/c1-3-18(26-20(27-2)19-5-4-12-25-19)16-11-10-15(9-8-14-6-7-14)17(13-16)21(22,23)24/h3,10-11,13-14,19,25H,4-9,12H2,1-2H3/b18-3-,26-20-. The van der Waals surface area contributed by atoms with E-state index in [4.69, 9.17) is 4.74 Å². The zero-order valence-corrected chi connectivity index (χ0v) is 15.9. The van der Waals surface area contributed by atoms with Crippen molar-refractivity contribution in [2.75, 3.05) is 13.7 Å². The summed E-state index contributed by atoms with van der Waals surface area (Å²) in [5, 5.41) is 3.30. The van der Waals surface area contributed by atoms with Crippen molar-refractivity contribution in [3.8, 4) is 0 Å². The van der Waals surface area contributed by atoms with Crippen molar-refractivity contribution >= 4 is 11.6 Å². The maximum atomic E-state index is 13.6. The number of alkyl halides is 3. The van der Waals surface area contributed by atoms with Crippen LogP contribution in [0.25, 0.3) is 5.70 Å². The van der Waals surface area contributed by atoms with Crippen LogP contribution in [-0.2, 0) is 17.3 Å². The van der Waals surface area contributed by atoms with E-state index >= 15 is 0 Å². The number of hydrogen-bond donors (Lipinski definition) is 1. The lowest BCUT2D eigenvalue weighted by molar-refractivity contribution is -0.138. The maximum Gasteiger partial charge on any atom is 0.416 e. The lowest BCUT2D eigenvalue weighted by Gasteiger charge is -2.16. The molecule has 27 heavy (non-hydrogen) atoms. The van der Waals surface area contributed by atoms with Gasteiger partial charge >= 0.3 is 6.18 Å². The Hall–Kier alpha value is -1.82. The summed E-state index contributed by atoms with van der Waals surface area (Å²) in [6.45, 7) is 2.68. The van der Waals surface area contributed by atoms with Gasteiger partial charge in [0.15, 0.2) is 0 Å². The first-order chi connectivity index (χ1) is 12.9. The Morgan fingerprint density at radius 3 is 2.63 bits per heavy atom. The topological polar surface area (TPSA) is 33.6 Å². The van der Waals surface area contributed by atoms with Gasteiger partial charge in [0, 0.05) is 5.56 Å². The summed E-state index contributed by atoms with van der Waals surface area (Å²) in [7, 11) is 1.55. The SMILES string of the molecule is C/C=C(\N=C(/OC)C1CCCN1)c1ccc(CCC2CC2)c(C(F)(F)F)c1. The second-order valence-corrected chi connectivity index (χ2v) is 7.33. The fourth-order valence-electron chi connectivity index (χ4n) is 3.56. The molecule has 1 saturated carbocycles. The molecular formula is C21H27F3N2O. The normalized spacial score (nSPS) is 21.6. The molecule has 1 aromatic carbocycles. The third-order valence-electron chi connectivity index (χ3n) is 5.30. The first-order valence-corrected chi connectivity index (χ1v) is 9.65. The van der Waals surface area contributed by atoms with E-state index < -0.39 is 11.7 Å². The van der Waals surface area contributed by atoms with Crippen LogP contribution < -0.4 is 5.32 Å². The summed E-state index contributed by atoms with van der Waals surface area (Å²) in [5.41, 5.74) is 0.794. The van der Waals surface area contributed by atoms with Crippen LogP contribution in [-0.4, -0.2) is 25.6 Å². The highest BCUT2D eigenvalue weighted by atomic mass is 19.4. The molecule has 2 fully saturated rings. The molecule has 0 radical (unpaired) electrons. The third-order valence-corrected chi connectivity index (χ3v) is 5.30. The van der Waals surface area contributed by atoms with E-state index in [2.05, 4.69) is 10.3 Å². The quantitative estimate of drug-likeness (QED) is 0.543. The van der Waals surface area contributed by atoms with E-state index in [0.717, 1.165) is 38.6 Å². The predicted octanol–water partition coefficient (Wildman–Crippen LogP) is 5.21. The van der Waals surface area contributed by atoms with Crippen LogP contribution in [0.2, 0.25) is 0 Å². The van der Waals surface area contributed by atoms with Crippen molar-refractivity contribution < 1.29 is 17.9 Å². The van der Waals surface area contributed by atoms with Crippen molar-refractivity contribution in [1.82, 2.24) is 5.32 Å². The van der Waals surface area contributed by atoms with Crippen molar-refractivity contribution in [2.24, 2.45) is 10.9 Å². The fourth-order valence-corrected chi connectivity index (χ4v) is 3.56. The number of halogens is 3. The van der Waals surface area contributed by atoms with Crippen LogP contribution in [0.4, 0.5) is 13.2 Å². The number of hydrogen-bond acceptors (Lipinski definition) is 3. The van der Waals surface area contributed by atoms with Gasteiger partial charge in [-0.25, -0.2) is 4.99 Å². The van der Waals surface area contributed by atoms with E-state index in [9.17, 15) is 13.2 Å². The largest absolute Gasteiger partial charge is 0.483 e. The van der Waals surface area contributed by atoms with Gasteiger partial charge in [-0.05, 0) is 56.7 Å². The average molecular weight is 380 g/mol. The minimum Gasteiger partial charge on any atom is -0.483 e. The molecule has 1 atom stereocenters. The Labute approximate surface area is 158 Å². The van der Waals surface area contributed by atoms with Gasteiger partial charge in [0.25, 0.3) is 0 Å². The molecule has 1 aromatic rings. The zero-order chi connectivity index (χ0) is 19.4. The highest BCUT2D eigenvalue weighted by Gasteiger charge is 2.34. The van der Waals surface area contributed by atoms with E-state index in [1.165, 1.54) is 6.07 Å². The lowest BCUT2D eigenvalue weighted by atomic mass is 9.97. The molecular weight excluding hydrogens is 353 g/mol. The molecule has 1 N–H and O–H groups in total. The van der Waals surface area contributed by atoms with Crippen LogP contribution in [0.15, 0.2) is 29.3 Å². The van der Waals surface area contributed by atoms with Crippen molar-refractivity contribution in [2.45, 2.75) is 57.7 Å². The second-order valence-electron chi connectivity index (χ2n) is 7.33. The van der Waals surface area contributed by atoms with Crippen molar-refractivity contribution in [1.29, 1.82) is 0 Å². The highest BCUT2D eigenvalue weighted by molar-refractivity contribution is 5.88. The maximum absolute atomic E-state index is 13.6. The van der Waals surface area contributed by atoms with Gasteiger partial charge in [-0.15, -0.1) is 0 Å². The average Bonchev–Trinajstić information content (AvgIpc) is 3.32. The number of aliphatic imine (C=N–C) groups is 1. The van der Waals surface area contributed by atoms with Gasteiger partial charge in [-0.2, -0.15) is 13.2 Å². The van der Waals surface area contributed by atoms with E-state index in [0.29, 0.717) is 35.1 Å². The molecule has 3 rings (SSSR count). The molecule has 0 amide bonds. The Bertz CT molecular complexity index is 715. The number of benzene rings is 1. The molecule has 1 aliphatic carbocycles. The Balaban J connectivity index is 1.88. The van der Waals surface area contributed by atoms with E-state index in [1.54, 1.807) is 32.2 Å². The Morgan fingerprint density at radius 2 is 2.07 bits per heavy atom. The zero-order valence-electron chi connectivity index (χ0n) is 15.9. The third kappa shape index (κ3) is 5.12. The van der Waals surface area contributed by atoms with E-state index in [-0.39, 0.29) is 6.04 Å². The summed E-state index contributed by atoms with van der Waals surface area (Å²) in [4.78, 5) is 4.53. The minimum atomic E-state index is -4.37. The number of ether oxygens (including phenoxy) is 1. The fraction of sp³-hybridized carbons (Fsp3) is 0.571. The van der Waals surface area contributed by atoms with E-state index in [1.807, 2.05) is 0 Å². The van der Waals surface area contributed by atoms with Gasteiger partial charge in [-0.1, -0.05) is 31.1 Å². The number of methoxy groups -OCH3 is 1. The summed E-state index contributed by atoms with van der Waals surface area (Å²) in [6, 6.07) is 4.60. The molecule has 148 valence electrons.